The van der Waals surface area contributed by atoms with E-state index in [1.165, 1.54) is 0 Å². The second-order valence-electron chi connectivity index (χ2n) is 11.6. The van der Waals surface area contributed by atoms with Gasteiger partial charge in [-0.15, -0.1) is 0 Å². The van der Waals surface area contributed by atoms with E-state index in [4.69, 9.17) is 8.85 Å². The zero-order chi connectivity index (χ0) is 22.1. The molecule has 0 aromatic rings. The minimum absolute atomic E-state index is 0.0336. The lowest BCUT2D eigenvalue weighted by atomic mass is 9.84. The van der Waals surface area contributed by atoms with Gasteiger partial charge in [0, 0.05) is 6.61 Å². The number of hydrogen-bond acceptors (Lipinski definition) is 3. The van der Waals surface area contributed by atoms with Gasteiger partial charge in [0.15, 0.2) is 16.6 Å². The Kier molecular flexibility index (Phi) is 7.99. The molecule has 1 saturated heterocycles. The maximum atomic E-state index is 12.6. The first kappa shape index (κ1) is 25.6. The highest BCUT2D eigenvalue weighted by Gasteiger charge is 2.45. The monoisotopic (exact) mass is 427 g/mol. The van der Waals surface area contributed by atoms with E-state index in [0.29, 0.717) is 13.2 Å². The number of carbonyl (C=O) groups excluding carboxylic acids is 1. The molecule has 0 spiro atoms. The van der Waals surface area contributed by atoms with Crippen LogP contribution in [0, 0.1) is 11.8 Å². The second-order valence-corrected chi connectivity index (χ2v) is 21.2. The van der Waals surface area contributed by atoms with Gasteiger partial charge in [-0.05, 0) is 55.5 Å². The minimum Gasteiger partial charge on any atom is -0.417 e. The van der Waals surface area contributed by atoms with Gasteiger partial charge in [-0.3, -0.25) is 4.79 Å². The fraction of sp³-hybridized carbons (Fsp3) is 0.864. The van der Waals surface area contributed by atoms with Crippen molar-refractivity contribution in [2.75, 3.05) is 13.2 Å². The third-order valence-electron chi connectivity index (χ3n) is 7.24. The Labute approximate surface area is 176 Å². The van der Waals surface area contributed by atoms with Crippen LogP contribution in [0.15, 0.2) is 12.2 Å². The van der Waals surface area contributed by atoms with Crippen LogP contribution in [0.25, 0.3) is 0 Å². The number of amides is 1. The molecular formula is C22H45NO3Si2. The topological polar surface area (TPSA) is 47.6 Å². The first-order valence-electron chi connectivity index (χ1n) is 10.6. The number of hydrogen-bond donors (Lipinski definition) is 1. The third kappa shape index (κ3) is 6.03. The lowest BCUT2D eigenvalue weighted by Gasteiger charge is -2.38. The van der Waals surface area contributed by atoms with Gasteiger partial charge in [0.1, 0.15) is 0 Å². The number of carbonyl (C=O) groups is 1. The van der Waals surface area contributed by atoms with E-state index in [-0.39, 0.29) is 33.9 Å². The van der Waals surface area contributed by atoms with E-state index in [9.17, 15) is 4.79 Å². The van der Waals surface area contributed by atoms with Gasteiger partial charge in [-0.25, -0.2) is 0 Å². The van der Waals surface area contributed by atoms with Crippen molar-refractivity contribution in [1.29, 1.82) is 0 Å². The molecule has 1 rings (SSSR count). The van der Waals surface area contributed by atoms with E-state index in [1.54, 1.807) is 0 Å². The lowest BCUT2D eigenvalue weighted by Crippen LogP contribution is -2.45. The molecule has 6 heteroatoms. The summed E-state index contributed by atoms with van der Waals surface area (Å²) in [4.78, 5) is 12.6. The molecule has 0 aliphatic carbocycles. The van der Waals surface area contributed by atoms with E-state index in [1.807, 2.05) is 6.92 Å². The average Bonchev–Trinajstić information content (AvgIpc) is 2.78. The van der Waals surface area contributed by atoms with Crippen LogP contribution in [0.4, 0.5) is 0 Å². The molecule has 164 valence electrons. The Morgan fingerprint density at radius 2 is 1.46 bits per heavy atom. The van der Waals surface area contributed by atoms with Gasteiger partial charge in [0.2, 0.25) is 5.91 Å². The molecule has 1 aliphatic heterocycles. The standard InChI is InChI=1S/C22H45NO3Si2/c1-16(2)19-17(13-14-25-27(9,10)21(3,4)5)18(23-20(19)24)15-26-28(11,12)22(6,7)8/h17-19H,1,13-15H2,2-12H3,(H,23,24)/t17-,18-,19+/m1/s1. The molecule has 0 saturated carbocycles. The molecular weight excluding hydrogens is 382 g/mol. The Bertz CT molecular complexity index is 573. The van der Waals surface area contributed by atoms with Crippen LogP contribution in [0.5, 0.6) is 0 Å². The summed E-state index contributed by atoms with van der Waals surface area (Å²) in [6.45, 7) is 29.9. The average molecular weight is 428 g/mol. The van der Waals surface area contributed by atoms with Crippen molar-refractivity contribution in [3.8, 4) is 0 Å². The van der Waals surface area contributed by atoms with Gasteiger partial charge in [-0.2, -0.15) is 0 Å². The van der Waals surface area contributed by atoms with Crippen LogP contribution in [0.3, 0.4) is 0 Å². The fourth-order valence-corrected chi connectivity index (χ4v) is 5.20. The summed E-state index contributed by atoms with van der Waals surface area (Å²) < 4.78 is 12.9. The fourth-order valence-electron chi connectivity index (χ4n) is 3.11. The van der Waals surface area contributed by atoms with Crippen LogP contribution in [-0.4, -0.2) is 41.8 Å². The highest BCUT2D eigenvalue weighted by molar-refractivity contribution is 6.74. The zero-order valence-electron chi connectivity index (χ0n) is 20.3. The van der Waals surface area contributed by atoms with Crippen molar-refractivity contribution < 1.29 is 13.6 Å². The molecule has 3 atom stereocenters. The van der Waals surface area contributed by atoms with E-state index < -0.39 is 16.6 Å². The molecule has 1 heterocycles. The lowest BCUT2D eigenvalue weighted by molar-refractivity contribution is -0.122. The van der Waals surface area contributed by atoms with E-state index in [0.717, 1.165) is 12.0 Å². The van der Waals surface area contributed by atoms with Gasteiger partial charge >= 0.3 is 0 Å². The SMILES string of the molecule is C=C(C)[C@@H]1C(=O)N[C@H](CO[Si](C)(C)C(C)(C)C)[C@H]1CCO[Si](C)(C)C(C)(C)C. The van der Waals surface area contributed by atoms with Gasteiger partial charge in [-0.1, -0.05) is 53.7 Å². The van der Waals surface area contributed by atoms with Crippen molar-refractivity contribution >= 4 is 22.5 Å². The van der Waals surface area contributed by atoms with Crippen LogP contribution in [0.1, 0.15) is 54.9 Å². The predicted molar refractivity (Wildman–Crippen MR) is 125 cm³/mol. The molecule has 0 radical (unpaired) electrons. The molecule has 0 unspecified atom stereocenters. The number of rotatable bonds is 8. The minimum atomic E-state index is -1.86. The quantitative estimate of drug-likeness (QED) is 0.397. The largest absolute Gasteiger partial charge is 0.417 e. The first-order chi connectivity index (χ1) is 12.4. The normalized spacial score (nSPS) is 24.4. The molecule has 0 aromatic heterocycles. The molecule has 4 nitrogen and oxygen atoms in total. The zero-order valence-corrected chi connectivity index (χ0v) is 22.3. The molecule has 0 aromatic carbocycles. The Hall–Kier alpha value is -0.436. The number of nitrogens with one attached hydrogen (secondary N) is 1. The smallest absolute Gasteiger partial charge is 0.227 e. The summed E-state index contributed by atoms with van der Waals surface area (Å²) in [7, 11) is -3.65. The van der Waals surface area contributed by atoms with Crippen LogP contribution in [-0.2, 0) is 13.6 Å². The molecule has 0 bridgehead atoms. The molecule has 1 aliphatic rings. The molecule has 1 N–H and O–H groups in total. The summed E-state index contributed by atoms with van der Waals surface area (Å²) in [5.74, 6) is 0.129. The van der Waals surface area contributed by atoms with Gasteiger partial charge in [0.25, 0.3) is 0 Å². The van der Waals surface area contributed by atoms with Crippen molar-refractivity contribution in [2.45, 2.75) is 97.2 Å². The highest BCUT2D eigenvalue weighted by atomic mass is 28.4. The Morgan fingerprint density at radius 3 is 1.89 bits per heavy atom. The molecule has 1 fully saturated rings. The summed E-state index contributed by atoms with van der Waals surface area (Å²) in [6, 6.07) is 0.0336. The summed E-state index contributed by atoms with van der Waals surface area (Å²) >= 11 is 0. The van der Waals surface area contributed by atoms with Crippen LogP contribution < -0.4 is 5.32 Å². The van der Waals surface area contributed by atoms with Crippen LogP contribution >= 0.6 is 0 Å². The molecule has 1 amide bonds. The van der Waals surface area contributed by atoms with Crippen molar-refractivity contribution in [3.63, 3.8) is 0 Å². The second kappa shape index (κ2) is 8.74. The summed E-state index contributed by atoms with van der Waals surface area (Å²) in [5, 5.41) is 3.54. The first-order valence-corrected chi connectivity index (χ1v) is 16.5. The Balaban J connectivity index is 2.86. The Morgan fingerprint density at radius 1 is 1.00 bits per heavy atom. The van der Waals surface area contributed by atoms with Crippen molar-refractivity contribution in [2.24, 2.45) is 11.8 Å². The maximum absolute atomic E-state index is 12.6. The van der Waals surface area contributed by atoms with Crippen LogP contribution in [0.2, 0.25) is 36.3 Å². The summed E-state index contributed by atoms with van der Waals surface area (Å²) in [5.41, 5.74) is 0.935. The van der Waals surface area contributed by atoms with Gasteiger partial charge in [0.05, 0.1) is 18.6 Å². The summed E-state index contributed by atoms with van der Waals surface area (Å²) in [6.07, 6.45) is 0.855. The van der Waals surface area contributed by atoms with E-state index >= 15 is 0 Å². The van der Waals surface area contributed by atoms with Crippen molar-refractivity contribution in [3.05, 3.63) is 12.2 Å². The molecule has 28 heavy (non-hydrogen) atoms. The van der Waals surface area contributed by atoms with Crippen molar-refractivity contribution in [1.82, 2.24) is 5.32 Å². The maximum Gasteiger partial charge on any atom is 0.227 e. The highest BCUT2D eigenvalue weighted by Crippen LogP contribution is 2.39. The van der Waals surface area contributed by atoms with Gasteiger partial charge < -0.3 is 14.2 Å². The van der Waals surface area contributed by atoms with E-state index in [2.05, 4.69) is 79.6 Å². The predicted octanol–water partition coefficient (Wildman–Crippen LogP) is 5.73. The third-order valence-corrected chi connectivity index (χ3v) is 16.3.